The number of aryl methyl sites for hydroxylation is 1. The highest BCUT2D eigenvalue weighted by Crippen LogP contribution is 2.49. The number of anilines is 1. The Morgan fingerprint density at radius 3 is 2.62 bits per heavy atom. The molecular formula is C25H29FN2O. The first-order chi connectivity index (χ1) is 14.1. The van der Waals surface area contributed by atoms with E-state index in [1.165, 1.54) is 50.9 Å². The van der Waals surface area contributed by atoms with Crippen LogP contribution in [0.4, 0.5) is 10.1 Å². The smallest absolute Gasteiger partial charge is 0.162 e. The van der Waals surface area contributed by atoms with Crippen molar-refractivity contribution in [2.45, 2.75) is 43.9 Å². The number of halogens is 1. The molecular weight excluding hydrogens is 363 g/mol. The van der Waals surface area contributed by atoms with Crippen LogP contribution in [0.1, 0.15) is 53.6 Å². The third-order valence-electron chi connectivity index (χ3n) is 7.23. The number of carbonyl (C=O) groups excluding carboxylic acids is 1. The molecule has 3 nitrogen and oxygen atoms in total. The Balaban J connectivity index is 1.16. The van der Waals surface area contributed by atoms with E-state index in [1.807, 2.05) is 0 Å². The lowest BCUT2D eigenvalue weighted by atomic mass is 9.74. The van der Waals surface area contributed by atoms with Gasteiger partial charge in [-0.05, 0) is 87.1 Å². The largest absolute Gasteiger partial charge is 0.370 e. The number of nitrogens with zero attached hydrogens (tertiary/aromatic N) is 2. The zero-order valence-electron chi connectivity index (χ0n) is 17.0. The molecule has 1 spiro atoms. The maximum Gasteiger partial charge on any atom is 0.162 e. The number of ketones is 1. The molecule has 3 aliphatic rings. The average Bonchev–Trinajstić information content (AvgIpc) is 3.05. The minimum absolute atomic E-state index is 0.116. The lowest BCUT2D eigenvalue weighted by molar-refractivity contribution is 0.0968. The van der Waals surface area contributed by atoms with Gasteiger partial charge in [0, 0.05) is 36.2 Å². The van der Waals surface area contributed by atoms with Crippen molar-refractivity contribution in [3.05, 3.63) is 65.0 Å². The van der Waals surface area contributed by atoms with Crippen LogP contribution in [0.3, 0.4) is 0 Å². The number of hydrogen-bond acceptors (Lipinski definition) is 3. The lowest BCUT2D eigenvalue weighted by Gasteiger charge is -2.40. The third-order valence-corrected chi connectivity index (χ3v) is 7.23. The minimum atomic E-state index is -0.293. The van der Waals surface area contributed by atoms with Gasteiger partial charge >= 0.3 is 0 Å². The van der Waals surface area contributed by atoms with Gasteiger partial charge in [-0.15, -0.1) is 0 Å². The van der Waals surface area contributed by atoms with Crippen LogP contribution in [0.25, 0.3) is 0 Å². The Bertz CT molecular complexity index is 900. The number of fused-ring (bicyclic) bond motifs is 1. The van der Waals surface area contributed by atoms with E-state index in [2.05, 4.69) is 28.0 Å². The Morgan fingerprint density at radius 2 is 1.83 bits per heavy atom. The van der Waals surface area contributed by atoms with Crippen molar-refractivity contribution in [1.29, 1.82) is 0 Å². The summed E-state index contributed by atoms with van der Waals surface area (Å²) in [5.41, 5.74) is 5.65. The van der Waals surface area contributed by atoms with Crippen LogP contribution in [0.5, 0.6) is 0 Å². The SMILES string of the molecule is O=C(CCCN1CCC2(CC1)CN1CCCc3cccc2c31)c1ccc(F)cc1. The van der Waals surface area contributed by atoms with E-state index >= 15 is 0 Å². The summed E-state index contributed by atoms with van der Waals surface area (Å²) in [6.45, 7) is 5.60. The number of hydrogen-bond donors (Lipinski definition) is 0. The maximum absolute atomic E-state index is 13.0. The molecule has 0 N–H and O–H groups in total. The van der Waals surface area contributed by atoms with Crippen molar-refractivity contribution in [2.75, 3.05) is 37.6 Å². The number of para-hydroxylation sites is 1. The zero-order valence-corrected chi connectivity index (χ0v) is 17.0. The number of likely N-dealkylation sites (tertiary alicyclic amines) is 1. The molecule has 0 aliphatic carbocycles. The molecule has 0 atom stereocenters. The van der Waals surface area contributed by atoms with Crippen LogP contribution in [0.2, 0.25) is 0 Å². The van der Waals surface area contributed by atoms with E-state index < -0.39 is 0 Å². The Morgan fingerprint density at radius 1 is 1.03 bits per heavy atom. The highest BCUT2D eigenvalue weighted by Gasteiger charge is 2.45. The predicted molar refractivity (Wildman–Crippen MR) is 114 cm³/mol. The Kier molecular flexibility index (Phi) is 4.91. The quantitative estimate of drug-likeness (QED) is 0.696. The first kappa shape index (κ1) is 18.8. The number of piperidine rings is 1. The summed E-state index contributed by atoms with van der Waals surface area (Å²) in [5, 5.41) is 0. The van der Waals surface area contributed by atoms with Gasteiger partial charge in [0.15, 0.2) is 5.78 Å². The van der Waals surface area contributed by atoms with Crippen LogP contribution >= 0.6 is 0 Å². The highest BCUT2D eigenvalue weighted by molar-refractivity contribution is 5.95. The van der Waals surface area contributed by atoms with Crippen molar-refractivity contribution >= 4 is 11.5 Å². The molecule has 29 heavy (non-hydrogen) atoms. The van der Waals surface area contributed by atoms with Gasteiger partial charge in [0.05, 0.1) is 0 Å². The van der Waals surface area contributed by atoms with Crippen LogP contribution in [-0.2, 0) is 11.8 Å². The van der Waals surface area contributed by atoms with E-state index in [4.69, 9.17) is 0 Å². The van der Waals surface area contributed by atoms with Crippen molar-refractivity contribution in [2.24, 2.45) is 0 Å². The Labute approximate surface area is 172 Å². The van der Waals surface area contributed by atoms with Gasteiger partial charge in [-0.1, -0.05) is 18.2 Å². The van der Waals surface area contributed by atoms with Crippen LogP contribution in [0.15, 0.2) is 42.5 Å². The monoisotopic (exact) mass is 392 g/mol. The molecule has 3 heterocycles. The van der Waals surface area contributed by atoms with E-state index in [-0.39, 0.29) is 11.6 Å². The van der Waals surface area contributed by atoms with Gasteiger partial charge in [-0.2, -0.15) is 0 Å². The molecule has 4 heteroatoms. The molecule has 0 bridgehead atoms. The molecule has 0 radical (unpaired) electrons. The molecule has 3 aliphatic heterocycles. The molecule has 0 amide bonds. The minimum Gasteiger partial charge on any atom is -0.370 e. The summed E-state index contributed by atoms with van der Waals surface area (Å²) in [6, 6.07) is 12.9. The number of Topliss-reactive ketones (excluding diaryl/α,β-unsaturated/α-hetero) is 1. The fourth-order valence-electron chi connectivity index (χ4n) is 5.65. The van der Waals surface area contributed by atoms with Crippen molar-refractivity contribution in [1.82, 2.24) is 4.90 Å². The summed E-state index contributed by atoms with van der Waals surface area (Å²) < 4.78 is 13.0. The molecule has 0 saturated carbocycles. The predicted octanol–water partition coefficient (Wildman–Crippen LogP) is 4.59. The van der Waals surface area contributed by atoms with Gasteiger partial charge in [0.1, 0.15) is 5.82 Å². The molecule has 0 unspecified atom stereocenters. The normalized spacial score (nSPS) is 20.1. The number of rotatable bonds is 5. The standard InChI is InChI=1S/C25H29FN2O/c26-21-10-8-19(9-11-21)23(29)7-3-14-27-16-12-25(13-17-27)18-28-15-2-5-20-4-1-6-22(25)24(20)28/h1,4,6,8-11H,2-3,5,7,12-18H2. The van der Waals surface area contributed by atoms with Crippen molar-refractivity contribution in [3.8, 4) is 0 Å². The second-order valence-electron chi connectivity index (χ2n) is 8.99. The lowest BCUT2D eigenvalue weighted by Crippen LogP contribution is -2.45. The third kappa shape index (κ3) is 3.48. The zero-order chi connectivity index (χ0) is 19.8. The molecule has 2 aromatic rings. The molecule has 152 valence electrons. The van der Waals surface area contributed by atoms with Gasteiger partial charge in [-0.25, -0.2) is 4.39 Å². The van der Waals surface area contributed by atoms with E-state index in [0.29, 0.717) is 17.4 Å². The highest BCUT2D eigenvalue weighted by atomic mass is 19.1. The summed E-state index contributed by atoms with van der Waals surface area (Å²) in [6.07, 6.45) is 6.34. The summed E-state index contributed by atoms with van der Waals surface area (Å²) in [4.78, 5) is 17.5. The van der Waals surface area contributed by atoms with E-state index in [0.717, 1.165) is 26.1 Å². The topological polar surface area (TPSA) is 23.6 Å². The summed E-state index contributed by atoms with van der Waals surface area (Å²) in [7, 11) is 0. The maximum atomic E-state index is 13.0. The molecule has 0 aromatic heterocycles. The van der Waals surface area contributed by atoms with Crippen LogP contribution in [-0.4, -0.2) is 43.4 Å². The fourth-order valence-corrected chi connectivity index (χ4v) is 5.65. The van der Waals surface area contributed by atoms with Crippen LogP contribution in [0, 0.1) is 5.82 Å². The van der Waals surface area contributed by atoms with Gasteiger partial charge in [-0.3, -0.25) is 4.79 Å². The van der Waals surface area contributed by atoms with Crippen molar-refractivity contribution < 1.29 is 9.18 Å². The molecule has 2 aromatic carbocycles. The second kappa shape index (κ2) is 7.56. The number of benzene rings is 2. The number of carbonyl (C=O) groups is 1. The molecule has 5 rings (SSSR count). The first-order valence-corrected chi connectivity index (χ1v) is 11.0. The fraction of sp³-hybridized carbons (Fsp3) is 0.480. The second-order valence-corrected chi connectivity index (χ2v) is 8.99. The summed E-state index contributed by atoms with van der Waals surface area (Å²) >= 11 is 0. The van der Waals surface area contributed by atoms with E-state index in [1.54, 1.807) is 28.9 Å². The van der Waals surface area contributed by atoms with Gasteiger partial charge in [0.2, 0.25) is 0 Å². The first-order valence-electron chi connectivity index (χ1n) is 11.0. The van der Waals surface area contributed by atoms with Gasteiger partial charge in [0.25, 0.3) is 0 Å². The Hall–Kier alpha value is -2.20. The molecule has 1 saturated heterocycles. The van der Waals surface area contributed by atoms with E-state index in [9.17, 15) is 9.18 Å². The van der Waals surface area contributed by atoms with Crippen LogP contribution < -0.4 is 4.90 Å². The summed E-state index contributed by atoms with van der Waals surface area (Å²) in [5.74, 6) is -0.178. The average molecular weight is 393 g/mol. The van der Waals surface area contributed by atoms with Gasteiger partial charge < -0.3 is 9.80 Å². The molecule has 1 fully saturated rings. The van der Waals surface area contributed by atoms with Crippen molar-refractivity contribution in [3.63, 3.8) is 0 Å².